The molecule has 2 heterocycles. The molecule has 0 atom stereocenters. The molecule has 6 heteroatoms. The maximum absolute atomic E-state index is 12.0. The van der Waals surface area contributed by atoms with Crippen LogP contribution in [0, 0.1) is 13.8 Å². The molecule has 0 saturated heterocycles. The van der Waals surface area contributed by atoms with Gasteiger partial charge in [0.25, 0.3) is 5.56 Å². The summed E-state index contributed by atoms with van der Waals surface area (Å²) in [5.41, 5.74) is 0.00903. The normalized spacial score (nSPS) is 10.9. The number of fused-ring (bicyclic) bond motifs is 1. The molecule has 0 amide bonds. The van der Waals surface area contributed by atoms with Crippen LogP contribution < -0.4 is 5.56 Å². The largest absolute Gasteiger partial charge is 0.506 e. The fourth-order valence-electron chi connectivity index (χ4n) is 1.90. The number of esters is 1. The third-order valence-electron chi connectivity index (χ3n) is 3.05. The van der Waals surface area contributed by atoms with Crippen molar-refractivity contribution in [3.05, 3.63) is 26.4 Å². The van der Waals surface area contributed by atoms with Crippen molar-refractivity contribution in [2.75, 3.05) is 7.11 Å². The van der Waals surface area contributed by atoms with E-state index in [1.807, 2.05) is 13.8 Å². The number of nitrogens with zero attached hydrogens (tertiary/aromatic N) is 1. The van der Waals surface area contributed by atoms with Gasteiger partial charge in [-0.2, -0.15) is 0 Å². The molecule has 0 radical (unpaired) electrons. The molecule has 96 valence electrons. The van der Waals surface area contributed by atoms with Crippen LogP contribution in [0.1, 0.15) is 20.8 Å². The summed E-state index contributed by atoms with van der Waals surface area (Å²) in [6.45, 7) is 3.75. The second-order valence-corrected chi connectivity index (χ2v) is 5.25. The molecule has 2 rings (SSSR count). The third kappa shape index (κ3) is 1.53. The Kier molecular flexibility index (Phi) is 2.90. The molecular weight excluding hydrogens is 254 g/mol. The molecule has 2 aromatic rings. The lowest BCUT2D eigenvalue weighted by atomic mass is 10.1. The standard InChI is InChI=1S/C12H13NO4S/c1-5-6(2)18-11-7(5)9(14)8(12(16)17-4)10(15)13(11)3/h14H,1-4H3. The Bertz CT molecular complexity index is 711. The summed E-state index contributed by atoms with van der Waals surface area (Å²) in [4.78, 5) is 25.3. The zero-order chi connectivity index (χ0) is 13.6. The summed E-state index contributed by atoms with van der Waals surface area (Å²) in [7, 11) is 2.75. The minimum absolute atomic E-state index is 0.290. The predicted octanol–water partition coefficient (Wildman–Crippen LogP) is 1.71. The summed E-state index contributed by atoms with van der Waals surface area (Å²) in [5, 5.41) is 10.7. The zero-order valence-electron chi connectivity index (χ0n) is 10.5. The fraction of sp³-hybridized carbons (Fsp3) is 0.333. The van der Waals surface area contributed by atoms with E-state index in [-0.39, 0.29) is 11.3 Å². The van der Waals surface area contributed by atoms with Crippen LogP contribution in [0.4, 0.5) is 0 Å². The summed E-state index contributed by atoms with van der Waals surface area (Å²) in [6.07, 6.45) is 0. The Morgan fingerprint density at radius 2 is 2.00 bits per heavy atom. The number of methoxy groups -OCH3 is 1. The van der Waals surface area contributed by atoms with Crippen LogP contribution in [0.2, 0.25) is 0 Å². The van der Waals surface area contributed by atoms with E-state index < -0.39 is 11.5 Å². The molecule has 0 fully saturated rings. The predicted molar refractivity (Wildman–Crippen MR) is 69.5 cm³/mol. The van der Waals surface area contributed by atoms with Gasteiger partial charge in [0.15, 0.2) is 5.56 Å². The summed E-state index contributed by atoms with van der Waals surface area (Å²) < 4.78 is 5.91. The zero-order valence-corrected chi connectivity index (χ0v) is 11.3. The molecule has 0 bridgehead atoms. The van der Waals surface area contributed by atoms with E-state index in [9.17, 15) is 14.7 Å². The number of rotatable bonds is 1. The highest BCUT2D eigenvalue weighted by Crippen LogP contribution is 2.36. The maximum atomic E-state index is 12.0. The Labute approximate surface area is 107 Å². The van der Waals surface area contributed by atoms with Crippen LogP contribution in [0.5, 0.6) is 5.75 Å². The first-order chi connectivity index (χ1) is 8.40. The number of aryl methyl sites for hydroxylation is 3. The average Bonchev–Trinajstić information content (AvgIpc) is 2.63. The highest BCUT2D eigenvalue weighted by molar-refractivity contribution is 7.18. The minimum Gasteiger partial charge on any atom is -0.506 e. The number of carbonyl (C=O) groups is 1. The first-order valence-corrected chi connectivity index (χ1v) is 6.11. The highest BCUT2D eigenvalue weighted by Gasteiger charge is 2.24. The van der Waals surface area contributed by atoms with Gasteiger partial charge in [0, 0.05) is 11.9 Å². The summed E-state index contributed by atoms with van der Waals surface area (Å²) in [5.74, 6) is -1.11. The second kappa shape index (κ2) is 4.13. The first kappa shape index (κ1) is 12.6. The second-order valence-electron chi connectivity index (χ2n) is 4.04. The van der Waals surface area contributed by atoms with Crippen molar-refractivity contribution >= 4 is 27.5 Å². The lowest BCUT2D eigenvalue weighted by Crippen LogP contribution is -2.25. The topological polar surface area (TPSA) is 68.5 Å². The Hall–Kier alpha value is -1.82. The number of thiophene rings is 1. The first-order valence-electron chi connectivity index (χ1n) is 5.30. The van der Waals surface area contributed by atoms with Crippen LogP contribution in [-0.4, -0.2) is 22.8 Å². The van der Waals surface area contributed by atoms with Gasteiger partial charge in [0.1, 0.15) is 10.6 Å². The average molecular weight is 267 g/mol. The van der Waals surface area contributed by atoms with Crippen LogP contribution in [0.15, 0.2) is 4.79 Å². The molecule has 5 nitrogen and oxygen atoms in total. The fourth-order valence-corrected chi connectivity index (χ4v) is 3.01. The van der Waals surface area contributed by atoms with E-state index >= 15 is 0 Å². The van der Waals surface area contributed by atoms with Crippen molar-refractivity contribution in [1.29, 1.82) is 0 Å². The molecule has 1 N–H and O–H groups in total. The Morgan fingerprint density at radius 1 is 1.39 bits per heavy atom. The van der Waals surface area contributed by atoms with Crippen molar-refractivity contribution in [3.63, 3.8) is 0 Å². The number of pyridine rings is 1. The third-order valence-corrected chi connectivity index (χ3v) is 4.34. The molecule has 2 aromatic heterocycles. The molecule has 18 heavy (non-hydrogen) atoms. The van der Waals surface area contributed by atoms with Crippen LogP contribution >= 0.6 is 11.3 Å². The lowest BCUT2D eigenvalue weighted by Gasteiger charge is -2.07. The molecular formula is C12H13NO4S. The number of carbonyl (C=O) groups excluding carboxylic acids is 1. The van der Waals surface area contributed by atoms with Gasteiger partial charge in [-0.15, -0.1) is 11.3 Å². The molecule has 0 aromatic carbocycles. The SMILES string of the molecule is COC(=O)c1c(O)c2c(C)c(C)sc2n(C)c1=O. The molecule has 0 aliphatic rings. The van der Waals surface area contributed by atoms with Gasteiger partial charge in [0.05, 0.1) is 12.5 Å². The van der Waals surface area contributed by atoms with Crippen LogP contribution in [0.3, 0.4) is 0 Å². The molecule has 0 saturated carbocycles. The number of hydrogen-bond donors (Lipinski definition) is 1. The van der Waals surface area contributed by atoms with E-state index in [1.54, 1.807) is 7.05 Å². The van der Waals surface area contributed by atoms with Gasteiger partial charge in [-0.05, 0) is 19.4 Å². The quantitative estimate of drug-likeness (QED) is 0.799. The van der Waals surface area contributed by atoms with E-state index in [4.69, 9.17) is 0 Å². The Morgan fingerprint density at radius 3 is 2.56 bits per heavy atom. The molecule has 0 spiro atoms. The van der Waals surface area contributed by atoms with Gasteiger partial charge in [-0.1, -0.05) is 0 Å². The summed E-state index contributed by atoms with van der Waals surface area (Å²) in [6, 6.07) is 0. The van der Waals surface area contributed by atoms with Crippen molar-refractivity contribution in [2.45, 2.75) is 13.8 Å². The van der Waals surface area contributed by atoms with Crippen LogP contribution in [-0.2, 0) is 11.8 Å². The number of aromatic hydroxyl groups is 1. The van der Waals surface area contributed by atoms with Gasteiger partial charge < -0.3 is 14.4 Å². The molecule has 0 aliphatic carbocycles. The van der Waals surface area contributed by atoms with Crippen molar-refractivity contribution in [2.24, 2.45) is 7.05 Å². The minimum atomic E-state index is -0.821. The molecule has 0 unspecified atom stereocenters. The monoisotopic (exact) mass is 267 g/mol. The van der Waals surface area contributed by atoms with Gasteiger partial charge in [0.2, 0.25) is 0 Å². The van der Waals surface area contributed by atoms with Gasteiger partial charge in [-0.3, -0.25) is 4.79 Å². The molecule has 0 aliphatic heterocycles. The smallest absolute Gasteiger partial charge is 0.347 e. The van der Waals surface area contributed by atoms with Crippen molar-refractivity contribution < 1.29 is 14.6 Å². The Balaban J connectivity index is 3.03. The van der Waals surface area contributed by atoms with Gasteiger partial charge >= 0.3 is 5.97 Å². The lowest BCUT2D eigenvalue weighted by molar-refractivity contribution is 0.0595. The van der Waals surface area contributed by atoms with E-state index in [1.165, 1.54) is 23.0 Å². The summed E-state index contributed by atoms with van der Waals surface area (Å²) >= 11 is 1.41. The van der Waals surface area contributed by atoms with E-state index in [2.05, 4.69) is 4.74 Å². The van der Waals surface area contributed by atoms with Crippen molar-refractivity contribution in [1.82, 2.24) is 4.57 Å². The number of aromatic nitrogens is 1. The van der Waals surface area contributed by atoms with Crippen LogP contribution in [0.25, 0.3) is 10.2 Å². The number of ether oxygens (including phenoxy) is 1. The van der Waals surface area contributed by atoms with E-state index in [0.29, 0.717) is 10.2 Å². The van der Waals surface area contributed by atoms with Gasteiger partial charge in [-0.25, -0.2) is 4.79 Å². The maximum Gasteiger partial charge on any atom is 0.347 e. The highest BCUT2D eigenvalue weighted by atomic mass is 32.1. The van der Waals surface area contributed by atoms with E-state index in [0.717, 1.165) is 10.4 Å². The van der Waals surface area contributed by atoms with Crippen molar-refractivity contribution in [3.8, 4) is 5.75 Å². The number of hydrogen-bond acceptors (Lipinski definition) is 5.